The number of benzene rings is 3. The summed E-state index contributed by atoms with van der Waals surface area (Å²) in [5, 5.41) is 11.1. The topological polar surface area (TPSA) is 94.1 Å². The quantitative estimate of drug-likeness (QED) is 0.282. The number of carbonyl (C=O) groups is 2. The van der Waals surface area contributed by atoms with E-state index in [0.29, 0.717) is 19.8 Å². The van der Waals surface area contributed by atoms with E-state index in [1.54, 1.807) is 0 Å². The molecule has 1 amide bonds. The largest absolute Gasteiger partial charge is 0.480 e. The first kappa shape index (κ1) is 25.1. The lowest BCUT2D eigenvalue weighted by Gasteiger charge is -2.36. The van der Waals surface area contributed by atoms with E-state index in [4.69, 9.17) is 19.3 Å². The van der Waals surface area contributed by atoms with Gasteiger partial charge in [-0.25, -0.2) is 4.79 Å². The molecular formula is C27H29NO6. The van der Waals surface area contributed by atoms with E-state index < -0.39 is 24.1 Å². The van der Waals surface area contributed by atoms with Crippen molar-refractivity contribution in [1.29, 1.82) is 0 Å². The lowest BCUT2D eigenvalue weighted by molar-refractivity contribution is -0.143. The molecule has 34 heavy (non-hydrogen) atoms. The number of rotatable bonds is 14. The summed E-state index contributed by atoms with van der Waals surface area (Å²) in [7, 11) is 0. The van der Waals surface area contributed by atoms with Crippen molar-refractivity contribution < 1.29 is 28.9 Å². The van der Waals surface area contributed by atoms with Crippen molar-refractivity contribution in [2.45, 2.75) is 5.60 Å². The van der Waals surface area contributed by atoms with Gasteiger partial charge in [0.05, 0.1) is 19.8 Å². The fourth-order valence-electron chi connectivity index (χ4n) is 3.67. The van der Waals surface area contributed by atoms with Crippen LogP contribution in [0.2, 0.25) is 0 Å². The van der Waals surface area contributed by atoms with E-state index in [-0.39, 0.29) is 13.2 Å². The minimum Gasteiger partial charge on any atom is -0.480 e. The Morgan fingerprint density at radius 2 is 1.18 bits per heavy atom. The lowest BCUT2D eigenvalue weighted by atomic mass is 9.80. The monoisotopic (exact) mass is 463 g/mol. The van der Waals surface area contributed by atoms with Gasteiger partial charge < -0.3 is 24.6 Å². The van der Waals surface area contributed by atoms with Crippen LogP contribution in [0, 0.1) is 0 Å². The van der Waals surface area contributed by atoms with E-state index >= 15 is 0 Å². The van der Waals surface area contributed by atoms with Crippen LogP contribution in [0.4, 0.5) is 0 Å². The van der Waals surface area contributed by atoms with E-state index in [1.165, 1.54) is 0 Å². The summed E-state index contributed by atoms with van der Waals surface area (Å²) >= 11 is 0. The number of hydrogen-bond acceptors (Lipinski definition) is 5. The van der Waals surface area contributed by atoms with Gasteiger partial charge in [0.1, 0.15) is 18.8 Å². The second kappa shape index (κ2) is 13.3. The summed E-state index contributed by atoms with van der Waals surface area (Å²) in [6.07, 6.45) is 0. The number of carboxylic acid groups (broad SMARTS) is 1. The molecule has 3 aromatic carbocycles. The number of nitrogens with one attached hydrogen (secondary N) is 1. The van der Waals surface area contributed by atoms with Crippen molar-refractivity contribution in [1.82, 2.24) is 5.32 Å². The molecule has 3 rings (SSSR count). The molecule has 0 unspecified atom stereocenters. The zero-order valence-corrected chi connectivity index (χ0v) is 18.9. The second-order valence-corrected chi connectivity index (χ2v) is 7.48. The molecule has 0 fully saturated rings. The number of carboxylic acids is 1. The molecule has 2 N–H and O–H groups in total. The van der Waals surface area contributed by atoms with Crippen LogP contribution in [0.5, 0.6) is 0 Å². The zero-order chi connectivity index (χ0) is 24.1. The third kappa shape index (κ3) is 6.99. The van der Waals surface area contributed by atoms with Gasteiger partial charge in [0, 0.05) is 6.54 Å². The molecular weight excluding hydrogens is 434 g/mol. The minimum atomic E-state index is -1.12. The molecule has 0 saturated carbocycles. The molecule has 0 heterocycles. The first-order chi connectivity index (χ1) is 16.6. The van der Waals surface area contributed by atoms with Crippen LogP contribution in [0.25, 0.3) is 0 Å². The van der Waals surface area contributed by atoms with Gasteiger partial charge in [-0.3, -0.25) is 4.79 Å². The van der Waals surface area contributed by atoms with E-state index in [0.717, 1.165) is 16.7 Å². The number of aliphatic carboxylic acids is 1. The summed E-state index contributed by atoms with van der Waals surface area (Å²) in [6, 6.07) is 30.3. The van der Waals surface area contributed by atoms with Crippen LogP contribution in [0.1, 0.15) is 16.7 Å². The predicted octanol–water partition coefficient (Wildman–Crippen LogP) is 3.23. The van der Waals surface area contributed by atoms with Crippen LogP contribution in [-0.4, -0.2) is 56.6 Å². The highest BCUT2D eigenvalue weighted by Crippen LogP contribution is 2.40. The average Bonchev–Trinajstić information content (AvgIpc) is 2.87. The molecule has 178 valence electrons. The normalized spacial score (nSPS) is 11.2. The van der Waals surface area contributed by atoms with Gasteiger partial charge >= 0.3 is 5.97 Å². The van der Waals surface area contributed by atoms with Crippen molar-refractivity contribution in [3.63, 3.8) is 0 Å². The summed E-state index contributed by atoms with van der Waals surface area (Å²) in [4.78, 5) is 22.0. The van der Waals surface area contributed by atoms with Gasteiger partial charge in [-0.2, -0.15) is 0 Å². The fraction of sp³-hybridized carbons (Fsp3) is 0.259. The van der Waals surface area contributed by atoms with Crippen molar-refractivity contribution in [2.24, 2.45) is 0 Å². The highest BCUT2D eigenvalue weighted by Gasteiger charge is 2.37. The Labute approximate surface area is 199 Å². The number of amides is 1. The summed E-state index contributed by atoms with van der Waals surface area (Å²) in [6.45, 7) is 0.434. The van der Waals surface area contributed by atoms with Crippen LogP contribution >= 0.6 is 0 Å². The molecule has 0 aliphatic rings. The SMILES string of the molecule is O=C(O)COCC(=O)NCCOCCOC(c1ccccc1)(c1ccccc1)c1ccccc1. The molecule has 0 radical (unpaired) electrons. The Morgan fingerprint density at radius 3 is 1.65 bits per heavy atom. The summed E-state index contributed by atoms with van der Waals surface area (Å²) in [5.41, 5.74) is 2.24. The van der Waals surface area contributed by atoms with Crippen molar-refractivity contribution >= 4 is 11.9 Å². The van der Waals surface area contributed by atoms with Crippen LogP contribution in [0.15, 0.2) is 91.0 Å². The first-order valence-corrected chi connectivity index (χ1v) is 11.1. The van der Waals surface area contributed by atoms with Crippen molar-refractivity contribution in [3.05, 3.63) is 108 Å². The molecule has 0 spiro atoms. The van der Waals surface area contributed by atoms with E-state index in [1.807, 2.05) is 54.6 Å². The van der Waals surface area contributed by atoms with Crippen molar-refractivity contribution in [3.8, 4) is 0 Å². The highest BCUT2D eigenvalue weighted by molar-refractivity contribution is 5.77. The number of ether oxygens (including phenoxy) is 3. The zero-order valence-electron chi connectivity index (χ0n) is 18.9. The van der Waals surface area contributed by atoms with Gasteiger partial charge in [-0.05, 0) is 16.7 Å². The smallest absolute Gasteiger partial charge is 0.329 e. The Morgan fingerprint density at radius 1 is 0.676 bits per heavy atom. The van der Waals surface area contributed by atoms with Gasteiger partial charge in [0.15, 0.2) is 0 Å². The summed E-state index contributed by atoms with van der Waals surface area (Å²) in [5.74, 6) is -1.51. The molecule has 0 aliphatic carbocycles. The molecule has 7 nitrogen and oxygen atoms in total. The Kier molecular flexibility index (Phi) is 9.79. The first-order valence-electron chi connectivity index (χ1n) is 11.1. The van der Waals surface area contributed by atoms with E-state index in [9.17, 15) is 9.59 Å². The number of carbonyl (C=O) groups excluding carboxylic acids is 1. The van der Waals surface area contributed by atoms with Gasteiger partial charge in [0.25, 0.3) is 0 Å². The van der Waals surface area contributed by atoms with Crippen LogP contribution in [0.3, 0.4) is 0 Å². The molecule has 7 heteroatoms. The third-order valence-corrected chi connectivity index (χ3v) is 5.11. The Hall–Kier alpha value is -3.52. The van der Waals surface area contributed by atoms with E-state index in [2.05, 4.69) is 41.7 Å². The highest BCUT2D eigenvalue weighted by atomic mass is 16.5. The second-order valence-electron chi connectivity index (χ2n) is 7.48. The molecule has 0 aliphatic heterocycles. The third-order valence-electron chi connectivity index (χ3n) is 5.11. The van der Waals surface area contributed by atoms with Gasteiger partial charge in [-0.15, -0.1) is 0 Å². The Bertz CT molecular complexity index is 914. The minimum absolute atomic E-state index is 0.288. The van der Waals surface area contributed by atoms with Crippen LogP contribution < -0.4 is 5.32 Å². The fourth-order valence-corrected chi connectivity index (χ4v) is 3.67. The maximum Gasteiger partial charge on any atom is 0.329 e. The van der Waals surface area contributed by atoms with Crippen molar-refractivity contribution in [2.75, 3.05) is 39.6 Å². The molecule has 0 atom stereocenters. The lowest BCUT2D eigenvalue weighted by Crippen LogP contribution is -2.34. The number of hydrogen-bond donors (Lipinski definition) is 2. The average molecular weight is 464 g/mol. The molecule has 0 aromatic heterocycles. The van der Waals surface area contributed by atoms with Gasteiger partial charge in [-0.1, -0.05) is 91.0 Å². The molecule has 0 bridgehead atoms. The maximum atomic E-state index is 11.6. The standard InChI is InChI=1S/C27H29NO6/c29-25(20-33-21-26(30)31)28-16-17-32-18-19-34-27(22-10-4-1-5-11-22,23-12-6-2-7-13-23)24-14-8-3-9-15-24/h1-15H,16-21H2,(H,28,29)(H,30,31). The molecule has 0 saturated heterocycles. The maximum absolute atomic E-state index is 11.6. The predicted molar refractivity (Wildman–Crippen MR) is 127 cm³/mol. The summed E-state index contributed by atoms with van der Waals surface area (Å²) < 4.78 is 17.0. The van der Waals surface area contributed by atoms with Gasteiger partial charge in [0.2, 0.25) is 5.91 Å². The Balaban J connectivity index is 1.62. The van der Waals surface area contributed by atoms with Crippen LogP contribution in [-0.2, 0) is 29.4 Å². The molecule has 3 aromatic rings.